The maximum atomic E-state index is 11.4. The lowest BCUT2D eigenvalue weighted by atomic mass is 10.0. The number of carbonyl (C=O) groups is 1. The van der Waals surface area contributed by atoms with Crippen molar-refractivity contribution in [1.82, 2.24) is 15.2 Å². The number of hydrogen-bond donors (Lipinski definition) is 2. The average Bonchev–Trinajstić information content (AvgIpc) is 2.86. The van der Waals surface area contributed by atoms with Crippen LogP contribution in [0.3, 0.4) is 0 Å². The van der Waals surface area contributed by atoms with Gasteiger partial charge in [-0.1, -0.05) is 0 Å². The minimum absolute atomic E-state index is 0.165. The molecule has 3 N–H and O–H groups in total. The van der Waals surface area contributed by atoms with Gasteiger partial charge in [0.2, 0.25) is 0 Å². The second-order valence-corrected chi connectivity index (χ2v) is 6.79. The molecule has 6 nitrogen and oxygen atoms in total. The highest BCUT2D eigenvalue weighted by molar-refractivity contribution is 5.80. The third-order valence-corrected chi connectivity index (χ3v) is 4.33. The van der Waals surface area contributed by atoms with Crippen LogP contribution in [0.25, 0.3) is 0 Å². The van der Waals surface area contributed by atoms with Crippen molar-refractivity contribution in [2.75, 3.05) is 32.7 Å². The Morgan fingerprint density at radius 2 is 1.90 bits per heavy atom. The summed E-state index contributed by atoms with van der Waals surface area (Å²) in [5.41, 5.74) is 2.42. The number of hydrogen-bond acceptors (Lipinski definition) is 5. The highest BCUT2D eigenvalue weighted by Gasteiger charge is 2.33. The van der Waals surface area contributed by atoms with Crippen LogP contribution in [0.2, 0.25) is 0 Å². The van der Waals surface area contributed by atoms with Crippen LogP contribution < -0.4 is 11.3 Å². The molecule has 0 aromatic heterocycles. The lowest BCUT2D eigenvalue weighted by Crippen LogP contribution is -2.54. The van der Waals surface area contributed by atoms with Gasteiger partial charge in [0.15, 0.2) is 0 Å². The van der Waals surface area contributed by atoms with Gasteiger partial charge >= 0.3 is 0 Å². The average molecular weight is 284 g/mol. The molecule has 2 saturated heterocycles. The van der Waals surface area contributed by atoms with Crippen molar-refractivity contribution in [3.05, 3.63) is 0 Å². The molecule has 0 spiro atoms. The van der Waals surface area contributed by atoms with E-state index >= 15 is 0 Å². The number of amides is 1. The zero-order valence-electron chi connectivity index (χ0n) is 12.9. The summed E-state index contributed by atoms with van der Waals surface area (Å²) in [6, 6.07) is 0. The summed E-state index contributed by atoms with van der Waals surface area (Å²) in [5, 5.41) is 0. The number of carbonyl (C=O) groups excluding carboxylic acids is 1. The minimum atomic E-state index is -0.360. The summed E-state index contributed by atoms with van der Waals surface area (Å²) in [7, 11) is 0. The fourth-order valence-electron chi connectivity index (χ4n) is 3.02. The van der Waals surface area contributed by atoms with Crippen LogP contribution in [-0.2, 0) is 9.53 Å². The molecule has 6 heteroatoms. The van der Waals surface area contributed by atoms with E-state index in [1.807, 2.05) is 0 Å². The maximum Gasteiger partial charge on any atom is 0.263 e. The summed E-state index contributed by atoms with van der Waals surface area (Å²) in [6.07, 6.45) is 1.52. The van der Waals surface area contributed by atoms with Gasteiger partial charge in [-0.3, -0.25) is 20.0 Å². The van der Waals surface area contributed by atoms with Gasteiger partial charge in [-0.2, -0.15) is 0 Å². The first kappa shape index (κ1) is 15.7. The Kier molecular flexibility index (Phi) is 5.01. The SMILES string of the molecule is CC(C)(C)N1CCN(CC2CCC(C(=O)NN)O2)CC1. The fraction of sp³-hybridized carbons (Fsp3) is 0.929. The molecule has 0 radical (unpaired) electrons. The van der Waals surface area contributed by atoms with E-state index in [9.17, 15) is 4.79 Å². The lowest BCUT2D eigenvalue weighted by Gasteiger charge is -2.42. The molecule has 0 aromatic carbocycles. The predicted octanol–water partition coefficient (Wildman–Crippen LogP) is -0.0600. The van der Waals surface area contributed by atoms with Gasteiger partial charge in [-0.25, -0.2) is 5.84 Å². The van der Waals surface area contributed by atoms with Crippen LogP contribution in [0.15, 0.2) is 0 Å². The van der Waals surface area contributed by atoms with Gasteiger partial charge in [0.1, 0.15) is 6.10 Å². The number of nitrogens with two attached hydrogens (primary N) is 1. The first-order valence-corrected chi connectivity index (χ1v) is 7.53. The number of nitrogens with one attached hydrogen (secondary N) is 1. The molecule has 0 aromatic rings. The van der Waals surface area contributed by atoms with E-state index < -0.39 is 0 Å². The largest absolute Gasteiger partial charge is 0.364 e. The van der Waals surface area contributed by atoms with Crippen molar-refractivity contribution in [1.29, 1.82) is 0 Å². The minimum Gasteiger partial charge on any atom is -0.364 e. The predicted molar refractivity (Wildman–Crippen MR) is 78.0 cm³/mol. The molecule has 2 rings (SSSR count). The molecule has 20 heavy (non-hydrogen) atoms. The van der Waals surface area contributed by atoms with Crippen molar-refractivity contribution < 1.29 is 9.53 Å². The molecule has 2 aliphatic heterocycles. The van der Waals surface area contributed by atoms with Crippen LogP contribution in [0, 0.1) is 0 Å². The van der Waals surface area contributed by atoms with Gasteiger partial charge in [0, 0.05) is 38.3 Å². The summed E-state index contributed by atoms with van der Waals surface area (Å²) < 4.78 is 5.76. The quantitative estimate of drug-likeness (QED) is 0.432. The van der Waals surface area contributed by atoms with E-state index in [1.54, 1.807) is 0 Å². The summed E-state index contributed by atoms with van der Waals surface area (Å²) in [5.74, 6) is 4.94. The molecule has 2 heterocycles. The van der Waals surface area contributed by atoms with Crippen LogP contribution in [0.4, 0.5) is 0 Å². The Labute approximate surface area is 121 Å². The highest BCUT2D eigenvalue weighted by Crippen LogP contribution is 2.22. The van der Waals surface area contributed by atoms with E-state index in [1.165, 1.54) is 0 Å². The standard InChI is InChI=1S/C14H28N4O2/c1-14(2,3)18-8-6-17(7-9-18)10-11-4-5-12(20-11)13(19)16-15/h11-12H,4-10,15H2,1-3H3,(H,16,19). The Bertz CT molecular complexity index is 335. The maximum absolute atomic E-state index is 11.4. The molecular formula is C14H28N4O2. The van der Waals surface area contributed by atoms with Gasteiger partial charge in [0.25, 0.3) is 5.91 Å². The normalized spacial score (nSPS) is 29.6. The molecule has 0 aliphatic carbocycles. The van der Waals surface area contributed by atoms with Crippen LogP contribution in [0.1, 0.15) is 33.6 Å². The van der Waals surface area contributed by atoms with Crippen LogP contribution >= 0.6 is 0 Å². The van der Waals surface area contributed by atoms with Crippen LogP contribution in [-0.4, -0.2) is 66.2 Å². The highest BCUT2D eigenvalue weighted by atomic mass is 16.5. The topological polar surface area (TPSA) is 70.8 Å². The van der Waals surface area contributed by atoms with E-state index in [0.717, 1.165) is 45.6 Å². The molecule has 116 valence electrons. The second kappa shape index (κ2) is 6.39. The molecular weight excluding hydrogens is 256 g/mol. The van der Waals surface area contributed by atoms with Crippen molar-refractivity contribution in [3.63, 3.8) is 0 Å². The van der Waals surface area contributed by atoms with E-state index in [2.05, 4.69) is 36.0 Å². The molecule has 1 amide bonds. The van der Waals surface area contributed by atoms with E-state index in [-0.39, 0.29) is 23.7 Å². The van der Waals surface area contributed by atoms with Gasteiger partial charge in [-0.15, -0.1) is 0 Å². The smallest absolute Gasteiger partial charge is 0.263 e. The fourth-order valence-corrected chi connectivity index (χ4v) is 3.02. The molecule has 2 aliphatic rings. The lowest BCUT2D eigenvalue weighted by molar-refractivity contribution is -0.132. The van der Waals surface area contributed by atoms with Crippen molar-refractivity contribution in [2.24, 2.45) is 5.84 Å². The number of rotatable bonds is 3. The molecule has 2 fully saturated rings. The summed E-state index contributed by atoms with van der Waals surface area (Å²) in [4.78, 5) is 16.4. The Balaban J connectivity index is 1.73. The third-order valence-electron chi connectivity index (χ3n) is 4.33. The first-order chi connectivity index (χ1) is 9.40. The third kappa shape index (κ3) is 3.91. The molecule has 0 bridgehead atoms. The van der Waals surface area contributed by atoms with Crippen molar-refractivity contribution >= 4 is 5.91 Å². The number of ether oxygens (including phenoxy) is 1. The van der Waals surface area contributed by atoms with Crippen molar-refractivity contribution in [3.8, 4) is 0 Å². The van der Waals surface area contributed by atoms with Crippen molar-refractivity contribution in [2.45, 2.75) is 51.4 Å². The van der Waals surface area contributed by atoms with Gasteiger partial charge in [0.05, 0.1) is 6.10 Å². The Morgan fingerprint density at radius 3 is 2.45 bits per heavy atom. The Hall–Kier alpha value is -0.690. The molecule has 2 unspecified atom stereocenters. The first-order valence-electron chi connectivity index (χ1n) is 7.53. The monoisotopic (exact) mass is 284 g/mol. The molecule has 0 saturated carbocycles. The van der Waals surface area contributed by atoms with E-state index in [4.69, 9.17) is 10.6 Å². The van der Waals surface area contributed by atoms with E-state index in [0.29, 0.717) is 0 Å². The number of hydrazine groups is 1. The van der Waals surface area contributed by atoms with Gasteiger partial charge in [-0.05, 0) is 33.6 Å². The second-order valence-electron chi connectivity index (χ2n) is 6.79. The Morgan fingerprint density at radius 1 is 1.25 bits per heavy atom. The zero-order chi connectivity index (χ0) is 14.8. The zero-order valence-corrected chi connectivity index (χ0v) is 12.9. The number of nitrogens with zero attached hydrogens (tertiary/aromatic N) is 2. The summed E-state index contributed by atoms with van der Waals surface area (Å²) >= 11 is 0. The number of piperazine rings is 1. The summed E-state index contributed by atoms with van der Waals surface area (Å²) in [6.45, 7) is 12.1. The van der Waals surface area contributed by atoms with Crippen LogP contribution in [0.5, 0.6) is 0 Å². The molecule has 2 atom stereocenters. The van der Waals surface area contributed by atoms with Gasteiger partial charge < -0.3 is 4.74 Å².